The SMILES string of the molecule is C=C(C(N)Cc1ccccc1)N(C)CC. The lowest BCUT2D eigenvalue weighted by Gasteiger charge is -2.24. The molecule has 0 spiro atoms. The van der Waals surface area contributed by atoms with Crippen molar-refractivity contribution in [3.63, 3.8) is 0 Å². The van der Waals surface area contributed by atoms with Crippen LogP contribution in [0.1, 0.15) is 12.5 Å². The summed E-state index contributed by atoms with van der Waals surface area (Å²) in [4.78, 5) is 2.09. The Morgan fingerprint density at radius 3 is 2.53 bits per heavy atom. The van der Waals surface area contributed by atoms with Crippen LogP contribution in [0.5, 0.6) is 0 Å². The van der Waals surface area contributed by atoms with Crippen molar-refractivity contribution in [2.45, 2.75) is 19.4 Å². The van der Waals surface area contributed by atoms with E-state index in [0.717, 1.165) is 18.7 Å². The zero-order valence-electron chi connectivity index (χ0n) is 9.61. The van der Waals surface area contributed by atoms with E-state index < -0.39 is 0 Å². The summed E-state index contributed by atoms with van der Waals surface area (Å²) in [6, 6.07) is 10.3. The van der Waals surface area contributed by atoms with E-state index in [2.05, 4.69) is 30.5 Å². The number of nitrogens with two attached hydrogens (primary N) is 1. The summed E-state index contributed by atoms with van der Waals surface area (Å²) in [6.07, 6.45) is 0.851. The summed E-state index contributed by atoms with van der Waals surface area (Å²) in [7, 11) is 2.02. The van der Waals surface area contributed by atoms with Crippen LogP contribution in [0.15, 0.2) is 42.6 Å². The van der Waals surface area contributed by atoms with Gasteiger partial charge in [0.1, 0.15) is 0 Å². The smallest absolute Gasteiger partial charge is 0.0481 e. The van der Waals surface area contributed by atoms with Gasteiger partial charge in [0.25, 0.3) is 0 Å². The van der Waals surface area contributed by atoms with Gasteiger partial charge < -0.3 is 10.6 Å². The minimum Gasteiger partial charge on any atom is -0.377 e. The summed E-state index contributed by atoms with van der Waals surface area (Å²) in [5.41, 5.74) is 8.35. The molecule has 1 unspecified atom stereocenters. The van der Waals surface area contributed by atoms with Crippen molar-refractivity contribution in [3.8, 4) is 0 Å². The van der Waals surface area contributed by atoms with E-state index in [9.17, 15) is 0 Å². The molecule has 0 aliphatic rings. The van der Waals surface area contributed by atoms with Crippen LogP contribution in [0, 0.1) is 0 Å². The molecule has 15 heavy (non-hydrogen) atoms. The molecule has 0 heterocycles. The topological polar surface area (TPSA) is 29.3 Å². The molecule has 0 fully saturated rings. The number of nitrogens with zero attached hydrogens (tertiary/aromatic N) is 1. The first-order chi connectivity index (χ1) is 7.15. The second-order valence-corrected chi connectivity index (χ2v) is 3.80. The number of benzene rings is 1. The molecule has 2 heteroatoms. The third-order valence-corrected chi connectivity index (χ3v) is 2.69. The van der Waals surface area contributed by atoms with Gasteiger partial charge in [-0.05, 0) is 18.9 Å². The maximum absolute atomic E-state index is 6.08. The maximum Gasteiger partial charge on any atom is 0.0481 e. The summed E-state index contributed by atoms with van der Waals surface area (Å²) in [6.45, 7) is 7.07. The molecule has 0 aliphatic carbocycles. The van der Waals surface area contributed by atoms with Gasteiger partial charge >= 0.3 is 0 Å². The van der Waals surface area contributed by atoms with Crippen molar-refractivity contribution >= 4 is 0 Å². The fraction of sp³-hybridized carbons (Fsp3) is 0.385. The van der Waals surface area contributed by atoms with Crippen LogP contribution in [0.25, 0.3) is 0 Å². The summed E-state index contributed by atoms with van der Waals surface area (Å²) < 4.78 is 0. The van der Waals surface area contributed by atoms with Gasteiger partial charge in [0, 0.05) is 25.3 Å². The molecule has 0 bridgehead atoms. The normalized spacial score (nSPS) is 12.2. The van der Waals surface area contributed by atoms with Gasteiger partial charge in [0.05, 0.1) is 0 Å². The Hall–Kier alpha value is -1.28. The van der Waals surface area contributed by atoms with Crippen LogP contribution in [-0.4, -0.2) is 24.5 Å². The Morgan fingerprint density at radius 2 is 2.00 bits per heavy atom. The van der Waals surface area contributed by atoms with Crippen LogP contribution < -0.4 is 5.73 Å². The van der Waals surface area contributed by atoms with E-state index >= 15 is 0 Å². The van der Waals surface area contributed by atoms with Crippen molar-refractivity contribution in [1.29, 1.82) is 0 Å². The summed E-state index contributed by atoms with van der Waals surface area (Å²) in [5, 5.41) is 0. The summed E-state index contributed by atoms with van der Waals surface area (Å²) >= 11 is 0. The molecule has 0 radical (unpaired) electrons. The lowest BCUT2D eigenvalue weighted by molar-refractivity contribution is 0.406. The first-order valence-electron chi connectivity index (χ1n) is 5.34. The Labute approximate surface area is 92.4 Å². The zero-order valence-corrected chi connectivity index (χ0v) is 9.61. The minimum atomic E-state index is 0.0114. The first kappa shape index (κ1) is 11.8. The van der Waals surface area contributed by atoms with E-state index in [1.807, 2.05) is 25.2 Å². The zero-order chi connectivity index (χ0) is 11.3. The molecule has 82 valence electrons. The molecule has 0 saturated carbocycles. The van der Waals surface area contributed by atoms with E-state index in [-0.39, 0.29) is 6.04 Å². The van der Waals surface area contributed by atoms with Gasteiger partial charge in [-0.15, -0.1) is 0 Å². The van der Waals surface area contributed by atoms with Crippen LogP contribution in [0.4, 0.5) is 0 Å². The second kappa shape index (κ2) is 5.56. The number of rotatable bonds is 5. The van der Waals surface area contributed by atoms with E-state index in [4.69, 9.17) is 5.73 Å². The molecule has 1 aromatic carbocycles. The highest BCUT2D eigenvalue weighted by molar-refractivity contribution is 5.18. The van der Waals surface area contributed by atoms with Gasteiger partial charge in [0.15, 0.2) is 0 Å². The van der Waals surface area contributed by atoms with Crippen LogP contribution in [-0.2, 0) is 6.42 Å². The van der Waals surface area contributed by atoms with Crippen molar-refractivity contribution in [1.82, 2.24) is 4.90 Å². The lowest BCUT2D eigenvalue weighted by atomic mass is 10.0. The molecule has 0 amide bonds. The number of hydrogen-bond acceptors (Lipinski definition) is 2. The van der Waals surface area contributed by atoms with Gasteiger partial charge in [-0.25, -0.2) is 0 Å². The largest absolute Gasteiger partial charge is 0.377 e. The van der Waals surface area contributed by atoms with E-state index in [1.165, 1.54) is 5.56 Å². The molecule has 0 aliphatic heterocycles. The molecule has 0 aromatic heterocycles. The van der Waals surface area contributed by atoms with Crippen LogP contribution in [0.3, 0.4) is 0 Å². The molecule has 0 saturated heterocycles. The fourth-order valence-corrected chi connectivity index (χ4v) is 1.47. The molecule has 2 N–H and O–H groups in total. The van der Waals surface area contributed by atoms with Crippen molar-refractivity contribution < 1.29 is 0 Å². The van der Waals surface area contributed by atoms with Crippen LogP contribution in [0.2, 0.25) is 0 Å². The first-order valence-corrected chi connectivity index (χ1v) is 5.34. The fourth-order valence-electron chi connectivity index (χ4n) is 1.47. The monoisotopic (exact) mass is 204 g/mol. The maximum atomic E-state index is 6.08. The third-order valence-electron chi connectivity index (χ3n) is 2.69. The molecule has 1 atom stereocenters. The van der Waals surface area contributed by atoms with Gasteiger partial charge in [-0.2, -0.15) is 0 Å². The van der Waals surface area contributed by atoms with Gasteiger partial charge in [0.2, 0.25) is 0 Å². The molecular formula is C13H20N2. The van der Waals surface area contributed by atoms with Crippen LogP contribution >= 0.6 is 0 Å². The lowest BCUT2D eigenvalue weighted by Crippen LogP contribution is -2.33. The predicted octanol–water partition coefficient (Wildman–Crippen LogP) is 2.02. The second-order valence-electron chi connectivity index (χ2n) is 3.80. The van der Waals surface area contributed by atoms with Gasteiger partial charge in [-0.3, -0.25) is 0 Å². The average molecular weight is 204 g/mol. The molecule has 1 rings (SSSR count). The average Bonchev–Trinajstić information content (AvgIpc) is 2.28. The van der Waals surface area contributed by atoms with Gasteiger partial charge in [-0.1, -0.05) is 36.9 Å². The summed E-state index contributed by atoms with van der Waals surface area (Å²) in [5.74, 6) is 0. The Bertz CT molecular complexity index is 306. The minimum absolute atomic E-state index is 0.0114. The van der Waals surface area contributed by atoms with E-state index in [1.54, 1.807) is 0 Å². The number of likely N-dealkylation sites (N-methyl/N-ethyl adjacent to an activating group) is 1. The Balaban J connectivity index is 2.56. The van der Waals surface area contributed by atoms with E-state index in [0.29, 0.717) is 0 Å². The molecule has 1 aromatic rings. The Morgan fingerprint density at radius 1 is 1.40 bits per heavy atom. The van der Waals surface area contributed by atoms with Crippen molar-refractivity contribution in [2.75, 3.05) is 13.6 Å². The molecular weight excluding hydrogens is 184 g/mol. The standard InChI is InChI=1S/C13H20N2/c1-4-15(3)11(2)13(14)10-12-8-6-5-7-9-12/h5-9,13H,2,4,10,14H2,1,3H3. The highest BCUT2D eigenvalue weighted by atomic mass is 15.1. The predicted molar refractivity (Wildman–Crippen MR) is 65.6 cm³/mol. The molecule has 2 nitrogen and oxygen atoms in total. The van der Waals surface area contributed by atoms with Crippen molar-refractivity contribution in [3.05, 3.63) is 48.2 Å². The number of hydrogen-bond donors (Lipinski definition) is 1. The van der Waals surface area contributed by atoms with Crippen molar-refractivity contribution in [2.24, 2.45) is 5.73 Å². The highest BCUT2D eigenvalue weighted by Gasteiger charge is 2.10. The Kier molecular flexibility index (Phi) is 4.37. The third kappa shape index (κ3) is 3.40. The highest BCUT2D eigenvalue weighted by Crippen LogP contribution is 2.09. The quantitative estimate of drug-likeness (QED) is 0.795.